The van der Waals surface area contributed by atoms with Gasteiger partial charge in [-0.3, -0.25) is 9.69 Å². The van der Waals surface area contributed by atoms with Crippen molar-refractivity contribution in [1.82, 2.24) is 14.9 Å². The molecule has 222 valence electrons. The predicted octanol–water partition coefficient (Wildman–Crippen LogP) is 5.12. The number of benzene rings is 2. The number of carbonyl (C=O) groups excluding carboxylic acids is 2. The monoisotopic (exact) mass is 582 g/mol. The fourth-order valence-electron chi connectivity index (χ4n) is 4.12. The molecular formula is C29H32F2N6O5. The van der Waals surface area contributed by atoms with Crippen molar-refractivity contribution in [1.29, 1.82) is 0 Å². The van der Waals surface area contributed by atoms with Crippen LogP contribution in [0.25, 0.3) is 0 Å². The van der Waals surface area contributed by atoms with Crippen molar-refractivity contribution < 1.29 is 33.0 Å². The molecule has 4 N–H and O–H groups in total. The molecule has 11 nitrogen and oxygen atoms in total. The predicted molar refractivity (Wildman–Crippen MR) is 153 cm³/mol. The Kier molecular flexibility index (Phi) is 9.21. The van der Waals surface area contributed by atoms with E-state index in [0.717, 1.165) is 18.3 Å². The van der Waals surface area contributed by atoms with Crippen LogP contribution in [0.1, 0.15) is 27.2 Å². The molecule has 2 atom stereocenters. The molecule has 42 heavy (non-hydrogen) atoms. The zero-order chi connectivity index (χ0) is 30.4. The fraction of sp³-hybridized carbons (Fsp3) is 0.310. The normalized spacial score (nSPS) is 16.5. The molecule has 4 rings (SSSR count). The van der Waals surface area contributed by atoms with E-state index < -0.39 is 41.4 Å². The Balaban J connectivity index is 1.40. The van der Waals surface area contributed by atoms with Crippen LogP contribution in [0.2, 0.25) is 0 Å². The van der Waals surface area contributed by atoms with Gasteiger partial charge >= 0.3 is 6.09 Å². The first-order valence-electron chi connectivity index (χ1n) is 13.1. The lowest BCUT2D eigenvalue weighted by Crippen LogP contribution is -2.42. The molecule has 0 bridgehead atoms. The Morgan fingerprint density at radius 3 is 2.57 bits per heavy atom. The summed E-state index contributed by atoms with van der Waals surface area (Å²) in [4.78, 5) is 33.5. The molecular weight excluding hydrogens is 550 g/mol. The number of ether oxygens (including phenoxy) is 2. The van der Waals surface area contributed by atoms with Crippen molar-refractivity contribution in [3.05, 3.63) is 73.0 Å². The Morgan fingerprint density at radius 2 is 1.86 bits per heavy atom. The second kappa shape index (κ2) is 12.8. The largest absolute Gasteiger partial charge is 0.488 e. The summed E-state index contributed by atoms with van der Waals surface area (Å²) in [5.41, 5.74) is 0.495. The van der Waals surface area contributed by atoms with Gasteiger partial charge < -0.3 is 30.5 Å². The Bertz CT molecular complexity index is 1460. The van der Waals surface area contributed by atoms with Gasteiger partial charge in [-0.1, -0.05) is 12.6 Å². The highest BCUT2D eigenvalue weighted by Crippen LogP contribution is 2.27. The number of amides is 2. The number of hydrogen-bond donors (Lipinski definition) is 4. The summed E-state index contributed by atoms with van der Waals surface area (Å²) in [6.07, 6.45) is 1.05. The highest BCUT2D eigenvalue weighted by atomic mass is 19.1. The summed E-state index contributed by atoms with van der Waals surface area (Å²) in [5.74, 6) is -2.02. The Labute approximate surface area is 241 Å². The summed E-state index contributed by atoms with van der Waals surface area (Å²) >= 11 is 0. The number of carbonyl (C=O) groups is 2. The van der Waals surface area contributed by atoms with E-state index >= 15 is 0 Å². The molecule has 1 saturated heterocycles. The van der Waals surface area contributed by atoms with Crippen LogP contribution in [0.5, 0.6) is 5.75 Å². The first-order chi connectivity index (χ1) is 19.9. The van der Waals surface area contributed by atoms with Gasteiger partial charge in [0, 0.05) is 23.1 Å². The molecule has 2 aromatic carbocycles. The van der Waals surface area contributed by atoms with E-state index in [9.17, 15) is 23.5 Å². The number of nitrogens with one attached hydrogen (secondary N) is 3. The standard InChI is InChI=1S/C29H32F2N6O5/c1-5-25(39)33-17-7-6-8-18(11-17)34-26-23(31)14-32-27(36-26)35-19-9-10-24(22(30)12-19)41-16-20-13-21(38)15-37(20)28(40)42-29(2,3)4/h5-12,14,20-21,38H,1,13,15-16H2,2-4H3,(H,33,39)(H2,32,34,35,36)/t20-,21+/m0/s1. The minimum atomic E-state index is -0.736. The lowest BCUT2D eigenvalue weighted by molar-refractivity contribution is -0.111. The van der Waals surface area contributed by atoms with Crippen LogP contribution >= 0.6 is 0 Å². The van der Waals surface area contributed by atoms with Gasteiger partial charge in [-0.25, -0.2) is 18.6 Å². The highest BCUT2D eigenvalue weighted by molar-refractivity contribution is 5.99. The topological polar surface area (TPSA) is 138 Å². The summed E-state index contributed by atoms with van der Waals surface area (Å²) in [6, 6.07) is 10.2. The van der Waals surface area contributed by atoms with Gasteiger partial charge in [-0.05, 0) is 63.6 Å². The molecule has 1 fully saturated rings. The second-order valence-corrected chi connectivity index (χ2v) is 10.5. The number of β-amino-alcohol motifs (C(OH)–C–C–N with tert-alkyl or cyclic N) is 1. The van der Waals surface area contributed by atoms with Crippen molar-refractivity contribution in [3.63, 3.8) is 0 Å². The highest BCUT2D eigenvalue weighted by Gasteiger charge is 2.37. The van der Waals surface area contributed by atoms with Crippen molar-refractivity contribution in [2.24, 2.45) is 0 Å². The van der Waals surface area contributed by atoms with E-state index in [1.54, 1.807) is 45.0 Å². The van der Waals surface area contributed by atoms with Gasteiger partial charge in [0.15, 0.2) is 23.2 Å². The average molecular weight is 583 g/mol. The van der Waals surface area contributed by atoms with Crippen molar-refractivity contribution in [2.45, 2.75) is 44.9 Å². The third-order valence-electron chi connectivity index (χ3n) is 5.96. The molecule has 2 heterocycles. The number of nitrogens with zero attached hydrogens (tertiary/aromatic N) is 3. The van der Waals surface area contributed by atoms with E-state index in [0.29, 0.717) is 11.4 Å². The maximum absolute atomic E-state index is 14.9. The summed E-state index contributed by atoms with van der Waals surface area (Å²) in [5, 5.41) is 18.3. The number of aliphatic hydroxyl groups is 1. The van der Waals surface area contributed by atoms with Gasteiger partial charge in [-0.15, -0.1) is 0 Å². The van der Waals surface area contributed by atoms with Crippen molar-refractivity contribution in [2.75, 3.05) is 29.1 Å². The molecule has 2 amide bonds. The third-order valence-corrected chi connectivity index (χ3v) is 5.96. The van der Waals surface area contributed by atoms with Crippen LogP contribution in [0.15, 0.2) is 61.3 Å². The van der Waals surface area contributed by atoms with Gasteiger partial charge in [0.2, 0.25) is 11.9 Å². The van der Waals surface area contributed by atoms with Crippen LogP contribution in [-0.2, 0) is 9.53 Å². The van der Waals surface area contributed by atoms with E-state index in [2.05, 4.69) is 32.5 Å². The van der Waals surface area contributed by atoms with Crippen molar-refractivity contribution in [3.8, 4) is 5.75 Å². The smallest absolute Gasteiger partial charge is 0.410 e. The molecule has 1 aliphatic heterocycles. The van der Waals surface area contributed by atoms with Gasteiger partial charge in [0.25, 0.3) is 0 Å². The van der Waals surface area contributed by atoms with Crippen LogP contribution in [0.4, 0.5) is 42.4 Å². The molecule has 0 aliphatic carbocycles. The van der Waals surface area contributed by atoms with Gasteiger partial charge in [0.1, 0.15) is 12.2 Å². The minimum absolute atomic E-state index is 0.00368. The third kappa shape index (κ3) is 8.13. The number of likely N-dealkylation sites (tertiary alicyclic amines) is 1. The molecule has 0 unspecified atom stereocenters. The lowest BCUT2D eigenvalue weighted by Gasteiger charge is -2.28. The van der Waals surface area contributed by atoms with Crippen LogP contribution < -0.4 is 20.7 Å². The number of rotatable bonds is 9. The molecule has 3 aromatic rings. The molecule has 1 aliphatic rings. The molecule has 13 heteroatoms. The first-order valence-corrected chi connectivity index (χ1v) is 13.1. The summed E-state index contributed by atoms with van der Waals surface area (Å²) in [7, 11) is 0. The zero-order valence-electron chi connectivity index (χ0n) is 23.4. The molecule has 0 spiro atoms. The Hall–Kier alpha value is -4.78. The first kappa shape index (κ1) is 30.2. The summed E-state index contributed by atoms with van der Waals surface area (Å²) in [6.45, 7) is 8.69. The number of aromatic nitrogens is 2. The quantitative estimate of drug-likeness (QED) is 0.254. The number of hydrogen-bond acceptors (Lipinski definition) is 9. The van der Waals surface area contributed by atoms with E-state index in [-0.39, 0.29) is 42.8 Å². The SMILES string of the molecule is C=CC(=O)Nc1cccc(Nc2nc(Nc3ccc(OC[C@@H]4C[C@@H](O)CN4C(=O)OC(C)(C)C)c(F)c3)ncc2F)c1. The fourth-order valence-corrected chi connectivity index (χ4v) is 4.12. The van der Waals surface area contributed by atoms with Crippen molar-refractivity contribution >= 4 is 40.8 Å². The van der Waals surface area contributed by atoms with E-state index in [1.165, 1.54) is 17.0 Å². The van der Waals surface area contributed by atoms with Crippen LogP contribution in [-0.4, -0.2) is 62.9 Å². The maximum Gasteiger partial charge on any atom is 0.410 e. The number of aliphatic hydroxyl groups excluding tert-OH is 1. The number of halogens is 2. The lowest BCUT2D eigenvalue weighted by atomic mass is 10.2. The van der Waals surface area contributed by atoms with E-state index in [4.69, 9.17) is 9.47 Å². The average Bonchev–Trinajstić information content (AvgIpc) is 3.30. The molecule has 0 radical (unpaired) electrons. The van der Waals surface area contributed by atoms with Gasteiger partial charge in [-0.2, -0.15) is 4.98 Å². The Morgan fingerprint density at radius 1 is 1.12 bits per heavy atom. The number of anilines is 5. The van der Waals surface area contributed by atoms with Gasteiger partial charge in [0.05, 0.1) is 24.9 Å². The maximum atomic E-state index is 14.9. The second-order valence-electron chi connectivity index (χ2n) is 10.5. The zero-order valence-corrected chi connectivity index (χ0v) is 23.4. The molecule has 1 aromatic heterocycles. The molecule has 0 saturated carbocycles. The summed E-state index contributed by atoms with van der Waals surface area (Å²) < 4.78 is 40.4. The minimum Gasteiger partial charge on any atom is -0.488 e. The van der Waals surface area contributed by atoms with Crippen LogP contribution in [0.3, 0.4) is 0 Å². The van der Waals surface area contributed by atoms with E-state index in [1.807, 2.05) is 0 Å². The van der Waals surface area contributed by atoms with Crippen LogP contribution in [0, 0.1) is 11.6 Å².